The van der Waals surface area contributed by atoms with E-state index in [-0.39, 0.29) is 6.42 Å². The Labute approximate surface area is 144 Å². The van der Waals surface area contributed by atoms with E-state index in [0.29, 0.717) is 0 Å². The molecule has 0 aromatic rings. The van der Waals surface area contributed by atoms with Crippen molar-refractivity contribution in [1.29, 1.82) is 0 Å². The molecule has 0 spiro atoms. The second kappa shape index (κ2) is 10.2. The molecule has 0 saturated heterocycles. The summed E-state index contributed by atoms with van der Waals surface area (Å²) in [5.74, 6) is -4.85. The van der Waals surface area contributed by atoms with E-state index in [1.165, 1.54) is 20.9 Å². The molecule has 0 heterocycles. The van der Waals surface area contributed by atoms with Gasteiger partial charge in [0.05, 0.1) is 19.6 Å². The second-order valence-electron chi connectivity index (χ2n) is 5.55. The summed E-state index contributed by atoms with van der Waals surface area (Å²) in [6, 6.07) is -2.34. The van der Waals surface area contributed by atoms with Crippen LogP contribution in [0, 0.1) is 5.92 Å². The average Bonchev–Trinajstić information content (AvgIpc) is 2.54. The highest BCUT2D eigenvalue weighted by Gasteiger charge is 2.29. The van der Waals surface area contributed by atoms with Crippen LogP contribution >= 0.6 is 0 Å². The Hall–Kier alpha value is -2.69. The lowest BCUT2D eigenvalue weighted by Crippen LogP contribution is -2.55. The number of amides is 4. The predicted octanol–water partition coefficient (Wildman–Crippen LogP) is -2.98. The van der Waals surface area contributed by atoms with E-state index in [0.717, 1.165) is 4.90 Å². The summed E-state index contributed by atoms with van der Waals surface area (Å²) in [6.07, 6.45) is -0.383. The van der Waals surface area contributed by atoms with Crippen LogP contribution in [0.5, 0.6) is 0 Å². The van der Waals surface area contributed by atoms with Crippen LogP contribution in [0.4, 0.5) is 0 Å². The first-order chi connectivity index (χ1) is 11.5. The number of carbonyl (C=O) groups excluding carboxylic acids is 4. The Kier molecular flexibility index (Phi) is 9.13. The number of nitrogens with two attached hydrogens (primary N) is 1. The average molecular weight is 360 g/mol. The van der Waals surface area contributed by atoms with Crippen LogP contribution in [-0.2, 0) is 24.0 Å². The summed E-state index contributed by atoms with van der Waals surface area (Å²) >= 11 is 0. The van der Waals surface area contributed by atoms with E-state index < -0.39 is 60.8 Å². The zero-order valence-corrected chi connectivity index (χ0v) is 14.3. The fourth-order valence-electron chi connectivity index (χ4n) is 1.85. The number of aliphatic hydroxyl groups excluding tert-OH is 1. The number of carbonyl (C=O) groups is 5. The predicted molar refractivity (Wildman–Crippen MR) is 84.9 cm³/mol. The van der Waals surface area contributed by atoms with Gasteiger partial charge in [-0.25, -0.2) is 0 Å². The molecule has 142 valence electrons. The molecule has 0 aromatic carbocycles. The molecule has 0 aliphatic carbocycles. The van der Waals surface area contributed by atoms with Crippen molar-refractivity contribution in [1.82, 2.24) is 15.5 Å². The van der Waals surface area contributed by atoms with Gasteiger partial charge in [-0.05, 0) is 6.92 Å². The standard InChI is InChI=1S/C14H24N4O7/c1-7(4-11(21)22)14(25)18(3)8(2)12(23)17-9(6-19)13(24)16-5-10(15)20/h7-9,19H,4-6H2,1-3H3,(H2,15,20)(H,16,24)(H,17,23)(H,21,22)/t7-,8-,9-/m0/s1. The molecule has 0 fully saturated rings. The smallest absolute Gasteiger partial charge is 0.304 e. The van der Waals surface area contributed by atoms with Crippen LogP contribution in [0.25, 0.3) is 0 Å². The van der Waals surface area contributed by atoms with E-state index in [1.54, 1.807) is 0 Å². The number of hydrogen-bond donors (Lipinski definition) is 5. The molecular formula is C14H24N4O7. The number of nitrogens with one attached hydrogen (secondary N) is 2. The first kappa shape index (κ1) is 22.3. The number of rotatable bonds is 10. The van der Waals surface area contributed by atoms with Crippen LogP contribution in [-0.4, -0.2) is 77.0 Å². The van der Waals surface area contributed by atoms with E-state index in [1.807, 2.05) is 0 Å². The van der Waals surface area contributed by atoms with Gasteiger partial charge in [0, 0.05) is 13.0 Å². The summed E-state index contributed by atoms with van der Waals surface area (Å²) in [5.41, 5.74) is 4.88. The molecule has 0 rings (SSSR count). The van der Waals surface area contributed by atoms with Crippen LogP contribution in [0.15, 0.2) is 0 Å². The Balaban J connectivity index is 4.79. The highest BCUT2D eigenvalue weighted by atomic mass is 16.4. The van der Waals surface area contributed by atoms with Crippen molar-refractivity contribution in [3.05, 3.63) is 0 Å². The number of primary amides is 1. The minimum Gasteiger partial charge on any atom is -0.481 e. The molecule has 0 saturated carbocycles. The zero-order valence-electron chi connectivity index (χ0n) is 14.3. The molecule has 6 N–H and O–H groups in total. The summed E-state index contributed by atoms with van der Waals surface area (Å²) in [7, 11) is 1.33. The number of carboxylic acid groups (broad SMARTS) is 1. The van der Waals surface area contributed by atoms with Crippen LogP contribution in [0.1, 0.15) is 20.3 Å². The lowest BCUT2D eigenvalue weighted by atomic mass is 10.1. The summed E-state index contributed by atoms with van der Waals surface area (Å²) in [4.78, 5) is 58.3. The largest absolute Gasteiger partial charge is 0.481 e. The van der Waals surface area contributed by atoms with Gasteiger partial charge >= 0.3 is 5.97 Å². The Morgan fingerprint density at radius 3 is 2.12 bits per heavy atom. The molecule has 0 unspecified atom stereocenters. The van der Waals surface area contributed by atoms with Crippen molar-refractivity contribution in [2.45, 2.75) is 32.4 Å². The van der Waals surface area contributed by atoms with Crippen LogP contribution < -0.4 is 16.4 Å². The van der Waals surface area contributed by atoms with Crippen LogP contribution in [0.2, 0.25) is 0 Å². The van der Waals surface area contributed by atoms with Crippen molar-refractivity contribution in [2.75, 3.05) is 20.2 Å². The number of carboxylic acids is 1. The third-order valence-corrected chi connectivity index (χ3v) is 3.46. The minimum absolute atomic E-state index is 0.383. The summed E-state index contributed by atoms with van der Waals surface area (Å²) < 4.78 is 0. The molecule has 11 heteroatoms. The van der Waals surface area contributed by atoms with Crippen molar-refractivity contribution in [3.63, 3.8) is 0 Å². The van der Waals surface area contributed by atoms with Crippen molar-refractivity contribution in [2.24, 2.45) is 11.7 Å². The number of aliphatic carboxylic acids is 1. The molecule has 0 bridgehead atoms. The monoisotopic (exact) mass is 360 g/mol. The Morgan fingerprint density at radius 2 is 1.68 bits per heavy atom. The fraction of sp³-hybridized carbons (Fsp3) is 0.643. The van der Waals surface area contributed by atoms with Gasteiger partial charge in [0.1, 0.15) is 12.1 Å². The van der Waals surface area contributed by atoms with E-state index in [4.69, 9.17) is 10.8 Å². The van der Waals surface area contributed by atoms with Crippen molar-refractivity contribution in [3.8, 4) is 0 Å². The quantitative estimate of drug-likeness (QED) is 0.276. The maximum atomic E-state index is 12.1. The SMILES string of the molecule is C[C@@H](CC(=O)O)C(=O)N(C)[C@@H](C)C(=O)N[C@@H](CO)C(=O)NCC(N)=O. The first-order valence-electron chi connectivity index (χ1n) is 7.46. The fourth-order valence-corrected chi connectivity index (χ4v) is 1.85. The van der Waals surface area contributed by atoms with Crippen molar-refractivity contribution < 1.29 is 34.2 Å². The van der Waals surface area contributed by atoms with Crippen LogP contribution in [0.3, 0.4) is 0 Å². The van der Waals surface area contributed by atoms with Gasteiger partial charge in [-0.3, -0.25) is 24.0 Å². The molecule has 0 aliphatic heterocycles. The molecule has 0 radical (unpaired) electrons. The van der Waals surface area contributed by atoms with Gasteiger partial charge in [0.15, 0.2) is 0 Å². The zero-order chi connectivity index (χ0) is 19.7. The molecular weight excluding hydrogens is 336 g/mol. The lowest BCUT2D eigenvalue weighted by Gasteiger charge is -2.27. The number of hydrogen-bond acceptors (Lipinski definition) is 6. The number of likely N-dealkylation sites (N-methyl/N-ethyl adjacent to an activating group) is 1. The molecule has 4 amide bonds. The number of nitrogens with zero attached hydrogens (tertiary/aromatic N) is 1. The highest BCUT2D eigenvalue weighted by molar-refractivity contribution is 5.93. The first-order valence-corrected chi connectivity index (χ1v) is 7.46. The minimum atomic E-state index is -1.32. The Bertz CT molecular complexity index is 537. The Morgan fingerprint density at radius 1 is 1.12 bits per heavy atom. The molecule has 0 aromatic heterocycles. The maximum absolute atomic E-state index is 12.1. The second-order valence-corrected chi connectivity index (χ2v) is 5.55. The van der Waals surface area contributed by atoms with Gasteiger partial charge in [-0.1, -0.05) is 6.92 Å². The topological polar surface area (TPSA) is 179 Å². The highest BCUT2D eigenvalue weighted by Crippen LogP contribution is 2.09. The molecule has 11 nitrogen and oxygen atoms in total. The molecule has 25 heavy (non-hydrogen) atoms. The summed E-state index contributed by atoms with van der Waals surface area (Å²) in [5, 5.41) is 22.3. The van der Waals surface area contributed by atoms with Gasteiger partial charge in [0.2, 0.25) is 23.6 Å². The maximum Gasteiger partial charge on any atom is 0.304 e. The van der Waals surface area contributed by atoms with E-state index in [9.17, 15) is 29.1 Å². The van der Waals surface area contributed by atoms with E-state index >= 15 is 0 Å². The van der Waals surface area contributed by atoms with Gasteiger partial charge in [-0.2, -0.15) is 0 Å². The summed E-state index contributed by atoms with van der Waals surface area (Å²) in [6.45, 7) is 1.63. The third-order valence-electron chi connectivity index (χ3n) is 3.46. The molecule has 3 atom stereocenters. The molecule has 0 aliphatic rings. The third kappa shape index (κ3) is 7.61. The van der Waals surface area contributed by atoms with Gasteiger partial charge in [-0.15, -0.1) is 0 Å². The van der Waals surface area contributed by atoms with E-state index in [2.05, 4.69) is 10.6 Å². The number of aliphatic hydroxyl groups is 1. The lowest BCUT2D eigenvalue weighted by molar-refractivity contribution is -0.146. The van der Waals surface area contributed by atoms with Crippen molar-refractivity contribution >= 4 is 29.6 Å². The van der Waals surface area contributed by atoms with Gasteiger partial charge < -0.3 is 31.5 Å². The normalized spacial score (nSPS) is 13.9. The van der Waals surface area contributed by atoms with Gasteiger partial charge in [0.25, 0.3) is 0 Å².